The fourth-order valence-corrected chi connectivity index (χ4v) is 4.37. The van der Waals surface area contributed by atoms with Gasteiger partial charge in [0.2, 0.25) is 5.91 Å². The van der Waals surface area contributed by atoms with Gasteiger partial charge in [-0.2, -0.15) is 0 Å². The van der Waals surface area contributed by atoms with E-state index in [4.69, 9.17) is 27.6 Å². The number of nitrogens with zero attached hydrogens (tertiary/aromatic N) is 1. The summed E-state index contributed by atoms with van der Waals surface area (Å²) < 4.78 is 6.62. The maximum absolute atomic E-state index is 12.7. The molecule has 10 heteroatoms. The highest BCUT2D eigenvalue weighted by Crippen LogP contribution is 2.35. The van der Waals surface area contributed by atoms with Crippen LogP contribution in [-0.4, -0.2) is 28.5 Å². The van der Waals surface area contributed by atoms with E-state index in [1.807, 2.05) is 0 Å². The normalized spacial score (nSPS) is 15.0. The fraction of sp³-hybridized carbons (Fsp3) is 0.0455. The third kappa shape index (κ3) is 5.10. The van der Waals surface area contributed by atoms with Gasteiger partial charge in [0, 0.05) is 26.8 Å². The molecule has 1 N–H and O–H groups in total. The number of furan rings is 1. The van der Waals surface area contributed by atoms with E-state index in [1.165, 1.54) is 6.08 Å². The number of nitrogens with one attached hydrogen (secondary N) is 1. The van der Waals surface area contributed by atoms with Crippen LogP contribution in [0.2, 0.25) is 10.0 Å². The second-order valence-corrected chi connectivity index (χ2v) is 9.40. The molecule has 0 radical (unpaired) electrons. The molecule has 1 fully saturated rings. The number of rotatable bonds is 5. The van der Waals surface area contributed by atoms with Crippen molar-refractivity contribution >= 4 is 79.7 Å². The number of carbonyl (C=O) groups excluding carboxylic acids is 3. The van der Waals surface area contributed by atoms with Gasteiger partial charge >= 0.3 is 0 Å². The molecule has 1 aliphatic heterocycles. The lowest BCUT2D eigenvalue weighted by Crippen LogP contribution is -2.36. The van der Waals surface area contributed by atoms with Crippen molar-refractivity contribution in [3.63, 3.8) is 0 Å². The van der Waals surface area contributed by atoms with E-state index in [9.17, 15) is 14.4 Å². The van der Waals surface area contributed by atoms with Crippen molar-refractivity contribution in [3.8, 4) is 11.3 Å². The molecule has 0 saturated carbocycles. The van der Waals surface area contributed by atoms with Crippen LogP contribution in [0, 0.1) is 0 Å². The van der Waals surface area contributed by atoms with E-state index < -0.39 is 17.1 Å². The Morgan fingerprint density at radius 3 is 2.59 bits per heavy atom. The van der Waals surface area contributed by atoms with E-state index in [-0.39, 0.29) is 11.4 Å². The van der Waals surface area contributed by atoms with Gasteiger partial charge in [-0.15, -0.1) is 0 Å². The predicted molar refractivity (Wildman–Crippen MR) is 130 cm³/mol. The maximum atomic E-state index is 12.7. The fourth-order valence-electron chi connectivity index (χ4n) is 2.90. The monoisotopic (exact) mass is 550 g/mol. The minimum atomic E-state index is -0.565. The Morgan fingerprint density at radius 1 is 1.09 bits per heavy atom. The summed E-state index contributed by atoms with van der Waals surface area (Å²) in [5.41, 5.74) is 1.17. The van der Waals surface area contributed by atoms with Gasteiger partial charge in [0.25, 0.3) is 11.1 Å². The number of amides is 3. The van der Waals surface area contributed by atoms with Gasteiger partial charge in [-0.1, -0.05) is 39.1 Å². The van der Waals surface area contributed by atoms with Crippen LogP contribution in [0.15, 0.2) is 68.4 Å². The number of benzene rings is 2. The first kappa shape index (κ1) is 22.7. The van der Waals surface area contributed by atoms with Crippen molar-refractivity contribution in [3.05, 3.63) is 79.8 Å². The first-order chi connectivity index (χ1) is 15.3. The van der Waals surface area contributed by atoms with Gasteiger partial charge < -0.3 is 9.73 Å². The van der Waals surface area contributed by atoms with Gasteiger partial charge in [0.1, 0.15) is 18.1 Å². The quantitative estimate of drug-likeness (QED) is 0.357. The number of hydrogen-bond acceptors (Lipinski definition) is 5. The summed E-state index contributed by atoms with van der Waals surface area (Å²) in [5.74, 6) is -0.214. The number of thioether (sulfide) groups is 1. The van der Waals surface area contributed by atoms with Crippen molar-refractivity contribution in [1.82, 2.24) is 4.90 Å². The van der Waals surface area contributed by atoms with Crippen molar-refractivity contribution in [2.24, 2.45) is 0 Å². The highest BCUT2D eigenvalue weighted by molar-refractivity contribution is 9.10. The van der Waals surface area contributed by atoms with Crippen LogP contribution in [0.1, 0.15) is 5.76 Å². The van der Waals surface area contributed by atoms with Crippen LogP contribution in [-0.2, 0) is 9.59 Å². The third-order valence-electron chi connectivity index (χ3n) is 4.40. The lowest BCUT2D eigenvalue weighted by atomic mass is 10.2. The standard InChI is InChI=1S/C22H13BrCl2N2O4S/c23-12-1-4-14(5-2-12)26-20(28)11-27-21(29)19(32-22(27)30)10-15-6-8-18(31-15)16-9-13(24)3-7-17(16)25/h1-10H,11H2,(H,26,28)/b19-10+. The zero-order valence-corrected chi connectivity index (χ0v) is 20.0. The topological polar surface area (TPSA) is 79.6 Å². The predicted octanol–water partition coefficient (Wildman–Crippen LogP) is 6.69. The van der Waals surface area contributed by atoms with Crippen molar-refractivity contribution in [1.29, 1.82) is 0 Å². The molecule has 0 spiro atoms. The minimum absolute atomic E-state index is 0.157. The second kappa shape index (κ2) is 9.54. The summed E-state index contributed by atoms with van der Waals surface area (Å²) in [6, 6.07) is 15.3. The average molecular weight is 552 g/mol. The first-order valence-electron chi connectivity index (χ1n) is 9.16. The highest BCUT2D eigenvalue weighted by Gasteiger charge is 2.36. The molecule has 2 aromatic carbocycles. The number of imide groups is 1. The SMILES string of the molecule is O=C(CN1C(=O)S/C(=C/c2ccc(-c3cc(Cl)ccc3Cl)o2)C1=O)Nc1ccc(Br)cc1. The average Bonchev–Trinajstić information content (AvgIpc) is 3.32. The Bertz CT molecular complexity index is 1260. The Balaban J connectivity index is 1.46. The molecule has 2 heterocycles. The zero-order chi connectivity index (χ0) is 22.8. The molecule has 3 amide bonds. The van der Waals surface area contributed by atoms with Crippen molar-refractivity contribution in [2.45, 2.75) is 0 Å². The third-order valence-corrected chi connectivity index (χ3v) is 6.40. The summed E-state index contributed by atoms with van der Waals surface area (Å²) in [4.78, 5) is 38.3. The number of carbonyl (C=O) groups is 3. The van der Waals surface area contributed by atoms with E-state index in [0.717, 1.165) is 21.1 Å². The first-order valence-corrected chi connectivity index (χ1v) is 11.5. The molecule has 1 aliphatic rings. The summed E-state index contributed by atoms with van der Waals surface area (Å²) in [6.45, 7) is -0.389. The zero-order valence-electron chi connectivity index (χ0n) is 16.1. The van der Waals surface area contributed by atoms with E-state index in [0.29, 0.717) is 32.8 Å². The van der Waals surface area contributed by atoms with Crippen LogP contribution >= 0.6 is 50.9 Å². The number of hydrogen-bond donors (Lipinski definition) is 1. The van der Waals surface area contributed by atoms with E-state index in [1.54, 1.807) is 54.6 Å². The molecule has 1 aromatic heterocycles. The minimum Gasteiger partial charge on any atom is -0.457 e. The summed E-state index contributed by atoms with van der Waals surface area (Å²) in [5, 5.41) is 3.10. The molecular formula is C22H13BrCl2N2O4S. The summed E-state index contributed by atoms with van der Waals surface area (Å²) >= 11 is 16.3. The molecule has 0 bridgehead atoms. The van der Waals surface area contributed by atoms with Crippen LogP contribution in [0.3, 0.4) is 0 Å². The molecular weight excluding hydrogens is 539 g/mol. The molecule has 6 nitrogen and oxygen atoms in total. The highest BCUT2D eigenvalue weighted by atomic mass is 79.9. The van der Waals surface area contributed by atoms with Gasteiger partial charge in [0.05, 0.1) is 9.93 Å². The summed E-state index contributed by atoms with van der Waals surface area (Å²) in [6.07, 6.45) is 1.46. The number of halogens is 3. The molecule has 1 saturated heterocycles. The Kier molecular flexibility index (Phi) is 6.76. The van der Waals surface area contributed by atoms with Crippen molar-refractivity contribution < 1.29 is 18.8 Å². The van der Waals surface area contributed by atoms with Crippen LogP contribution in [0.4, 0.5) is 10.5 Å². The molecule has 4 rings (SSSR count). The molecule has 162 valence electrons. The lowest BCUT2D eigenvalue weighted by Gasteiger charge is -2.12. The van der Waals surface area contributed by atoms with E-state index >= 15 is 0 Å². The van der Waals surface area contributed by atoms with Gasteiger partial charge in [0.15, 0.2) is 0 Å². The van der Waals surface area contributed by atoms with Crippen LogP contribution < -0.4 is 5.32 Å². The van der Waals surface area contributed by atoms with Gasteiger partial charge in [-0.3, -0.25) is 19.3 Å². The molecule has 0 atom stereocenters. The molecule has 32 heavy (non-hydrogen) atoms. The largest absolute Gasteiger partial charge is 0.457 e. The van der Waals surface area contributed by atoms with Crippen LogP contribution in [0.5, 0.6) is 0 Å². The number of anilines is 1. The smallest absolute Gasteiger partial charge is 0.294 e. The summed E-state index contributed by atoms with van der Waals surface area (Å²) in [7, 11) is 0. The Labute approximate surface area is 205 Å². The van der Waals surface area contributed by atoms with Crippen molar-refractivity contribution in [2.75, 3.05) is 11.9 Å². The molecule has 0 unspecified atom stereocenters. The Hall–Kier alpha value is -2.52. The maximum Gasteiger partial charge on any atom is 0.294 e. The van der Waals surface area contributed by atoms with E-state index in [2.05, 4.69) is 21.2 Å². The lowest BCUT2D eigenvalue weighted by molar-refractivity contribution is -0.127. The molecule has 3 aromatic rings. The second-order valence-electron chi connectivity index (χ2n) is 6.65. The van der Waals surface area contributed by atoms with Crippen LogP contribution in [0.25, 0.3) is 17.4 Å². The Morgan fingerprint density at radius 2 is 1.84 bits per heavy atom. The van der Waals surface area contributed by atoms with Gasteiger partial charge in [-0.05, 0) is 66.4 Å². The van der Waals surface area contributed by atoms with Gasteiger partial charge in [-0.25, -0.2) is 0 Å². The molecule has 0 aliphatic carbocycles.